The summed E-state index contributed by atoms with van der Waals surface area (Å²) >= 11 is 1.62. The Morgan fingerprint density at radius 1 is 1.88 bits per heavy atom. The number of nitrogens with zero attached hydrogens (tertiary/aromatic N) is 1. The topological polar surface area (TPSA) is 32.6 Å². The highest BCUT2D eigenvalue weighted by molar-refractivity contribution is 8.03. The van der Waals surface area contributed by atoms with Crippen molar-refractivity contribution >= 4 is 18.0 Å². The van der Waals surface area contributed by atoms with Gasteiger partial charge in [0.25, 0.3) is 0 Å². The standard InChI is InChI=1S/C5H7NOS/c7-4-5-3-6-1-2-8-5/h1,3,7H,2,4H2. The van der Waals surface area contributed by atoms with Crippen molar-refractivity contribution in [1.29, 1.82) is 0 Å². The van der Waals surface area contributed by atoms with Crippen LogP contribution in [0.1, 0.15) is 0 Å². The van der Waals surface area contributed by atoms with E-state index in [9.17, 15) is 0 Å². The minimum atomic E-state index is 0.127. The van der Waals surface area contributed by atoms with Crippen LogP contribution in [0, 0.1) is 0 Å². The van der Waals surface area contributed by atoms with Gasteiger partial charge >= 0.3 is 0 Å². The molecule has 1 N–H and O–H groups in total. The van der Waals surface area contributed by atoms with Gasteiger partial charge in [0.2, 0.25) is 0 Å². The monoisotopic (exact) mass is 129 g/mol. The normalized spacial score (nSPS) is 18.4. The summed E-state index contributed by atoms with van der Waals surface area (Å²) in [5.41, 5.74) is 0. The molecule has 1 rings (SSSR count). The van der Waals surface area contributed by atoms with E-state index < -0.39 is 0 Å². The highest BCUT2D eigenvalue weighted by atomic mass is 32.2. The summed E-state index contributed by atoms with van der Waals surface area (Å²) in [4.78, 5) is 4.81. The maximum atomic E-state index is 8.53. The van der Waals surface area contributed by atoms with Crippen LogP contribution in [0.2, 0.25) is 0 Å². The van der Waals surface area contributed by atoms with Gasteiger partial charge in [0.15, 0.2) is 0 Å². The summed E-state index contributed by atoms with van der Waals surface area (Å²) in [7, 11) is 0. The molecule has 0 aromatic rings. The van der Waals surface area contributed by atoms with Crippen LogP contribution >= 0.6 is 11.8 Å². The molecule has 0 amide bonds. The molecule has 8 heavy (non-hydrogen) atoms. The second-order valence-electron chi connectivity index (χ2n) is 1.40. The van der Waals surface area contributed by atoms with Gasteiger partial charge in [-0.2, -0.15) is 0 Å². The molecule has 0 unspecified atom stereocenters. The molecular weight excluding hydrogens is 122 g/mol. The number of thioether (sulfide) groups is 1. The van der Waals surface area contributed by atoms with Crippen molar-refractivity contribution in [3.63, 3.8) is 0 Å². The largest absolute Gasteiger partial charge is 0.391 e. The first-order chi connectivity index (χ1) is 3.93. The zero-order chi connectivity index (χ0) is 5.82. The summed E-state index contributed by atoms with van der Waals surface area (Å²) in [5.74, 6) is 0.895. The van der Waals surface area contributed by atoms with E-state index in [-0.39, 0.29) is 6.61 Å². The predicted molar refractivity (Wildman–Crippen MR) is 36.1 cm³/mol. The van der Waals surface area contributed by atoms with Gasteiger partial charge in [0.1, 0.15) is 0 Å². The van der Waals surface area contributed by atoms with Crippen LogP contribution in [-0.4, -0.2) is 23.7 Å². The first-order valence-corrected chi connectivity index (χ1v) is 3.36. The lowest BCUT2D eigenvalue weighted by atomic mass is 10.6. The van der Waals surface area contributed by atoms with Crippen LogP contribution in [-0.2, 0) is 0 Å². The molecule has 0 aromatic carbocycles. The number of hydrogen-bond acceptors (Lipinski definition) is 3. The molecule has 0 saturated carbocycles. The Bertz CT molecular complexity index is 130. The third kappa shape index (κ3) is 1.35. The fraction of sp³-hybridized carbons (Fsp3) is 0.400. The second kappa shape index (κ2) is 2.89. The molecule has 0 aromatic heterocycles. The fourth-order valence-corrected chi connectivity index (χ4v) is 1.05. The van der Waals surface area contributed by atoms with E-state index >= 15 is 0 Å². The van der Waals surface area contributed by atoms with Gasteiger partial charge in [-0.15, -0.1) is 11.8 Å². The Hall–Kier alpha value is -0.280. The van der Waals surface area contributed by atoms with E-state index in [1.807, 2.05) is 6.21 Å². The van der Waals surface area contributed by atoms with Gasteiger partial charge in [-0.1, -0.05) is 0 Å². The zero-order valence-corrected chi connectivity index (χ0v) is 5.19. The fourth-order valence-electron chi connectivity index (χ4n) is 0.447. The summed E-state index contributed by atoms with van der Waals surface area (Å²) in [6.07, 6.45) is 3.51. The molecule has 1 aliphatic heterocycles. The quantitative estimate of drug-likeness (QED) is 0.563. The van der Waals surface area contributed by atoms with Crippen molar-refractivity contribution in [1.82, 2.24) is 0 Å². The molecule has 0 fully saturated rings. The highest BCUT2D eigenvalue weighted by Gasteiger charge is 1.96. The zero-order valence-electron chi connectivity index (χ0n) is 4.37. The van der Waals surface area contributed by atoms with Crippen molar-refractivity contribution in [2.24, 2.45) is 4.99 Å². The number of aliphatic imine (C=N–C) groups is 1. The number of aliphatic hydroxyl groups excluding tert-OH is 1. The molecule has 0 bridgehead atoms. The lowest BCUT2D eigenvalue weighted by Crippen LogP contribution is -1.92. The Labute approximate surface area is 52.3 Å². The summed E-state index contributed by atoms with van der Waals surface area (Å²) in [5, 5.41) is 8.53. The average molecular weight is 129 g/mol. The van der Waals surface area contributed by atoms with E-state index in [0.717, 1.165) is 10.7 Å². The number of aliphatic hydroxyl groups is 1. The first kappa shape index (κ1) is 5.85. The maximum absolute atomic E-state index is 8.53. The second-order valence-corrected chi connectivity index (χ2v) is 2.54. The molecule has 0 aliphatic carbocycles. The lowest BCUT2D eigenvalue weighted by Gasteiger charge is -2.01. The van der Waals surface area contributed by atoms with E-state index in [2.05, 4.69) is 4.99 Å². The molecule has 0 spiro atoms. The van der Waals surface area contributed by atoms with E-state index in [4.69, 9.17) is 5.11 Å². The van der Waals surface area contributed by atoms with Crippen molar-refractivity contribution in [3.05, 3.63) is 11.1 Å². The maximum Gasteiger partial charge on any atom is 0.0756 e. The van der Waals surface area contributed by atoms with Crippen LogP contribution < -0.4 is 0 Å². The van der Waals surface area contributed by atoms with Gasteiger partial charge in [-0.3, -0.25) is 4.99 Å². The van der Waals surface area contributed by atoms with Gasteiger partial charge in [0.05, 0.1) is 6.61 Å². The smallest absolute Gasteiger partial charge is 0.0756 e. The lowest BCUT2D eigenvalue weighted by molar-refractivity contribution is 0.339. The minimum absolute atomic E-state index is 0.127. The van der Waals surface area contributed by atoms with Crippen LogP contribution in [0.15, 0.2) is 16.1 Å². The van der Waals surface area contributed by atoms with Gasteiger partial charge in [0, 0.05) is 23.1 Å². The van der Waals surface area contributed by atoms with Crippen molar-refractivity contribution in [2.75, 3.05) is 12.4 Å². The van der Waals surface area contributed by atoms with E-state index in [1.165, 1.54) is 0 Å². The molecule has 1 aliphatic rings. The van der Waals surface area contributed by atoms with Crippen molar-refractivity contribution < 1.29 is 5.11 Å². The molecule has 2 nitrogen and oxygen atoms in total. The van der Waals surface area contributed by atoms with Crippen LogP contribution in [0.3, 0.4) is 0 Å². The third-order valence-electron chi connectivity index (χ3n) is 0.823. The molecule has 0 radical (unpaired) electrons. The van der Waals surface area contributed by atoms with Gasteiger partial charge < -0.3 is 5.11 Å². The molecule has 3 heteroatoms. The van der Waals surface area contributed by atoms with E-state index in [1.54, 1.807) is 18.0 Å². The first-order valence-electron chi connectivity index (χ1n) is 2.38. The highest BCUT2D eigenvalue weighted by Crippen LogP contribution is 2.15. The van der Waals surface area contributed by atoms with Crippen LogP contribution in [0.4, 0.5) is 0 Å². The molecule has 0 saturated heterocycles. The SMILES string of the molecule is OCC1=CN=CCS1. The molecule has 1 heterocycles. The number of hydrogen-bond donors (Lipinski definition) is 1. The third-order valence-corrected chi connectivity index (χ3v) is 1.74. The summed E-state index contributed by atoms with van der Waals surface area (Å²) in [6, 6.07) is 0. The van der Waals surface area contributed by atoms with Crippen molar-refractivity contribution in [3.8, 4) is 0 Å². The Morgan fingerprint density at radius 2 is 2.75 bits per heavy atom. The Morgan fingerprint density at radius 3 is 3.12 bits per heavy atom. The van der Waals surface area contributed by atoms with Crippen LogP contribution in [0.25, 0.3) is 0 Å². The molecular formula is C5H7NOS. The number of rotatable bonds is 1. The predicted octanol–water partition coefficient (Wildman–Crippen LogP) is 0.638. The molecule has 44 valence electrons. The van der Waals surface area contributed by atoms with Crippen molar-refractivity contribution in [2.45, 2.75) is 0 Å². The summed E-state index contributed by atoms with van der Waals surface area (Å²) < 4.78 is 0. The summed E-state index contributed by atoms with van der Waals surface area (Å²) in [6.45, 7) is 0.127. The molecule has 0 atom stereocenters. The van der Waals surface area contributed by atoms with Crippen LogP contribution in [0.5, 0.6) is 0 Å². The van der Waals surface area contributed by atoms with Gasteiger partial charge in [-0.05, 0) is 0 Å². The van der Waals surface area contributed by atoms with E-state index in [0.29, 0.717) is 0 Å². The Kier molecular flexibility index (Phi) is 2.11. The average Bonchev–Trinajstić information content (AvgIpc) is 1.90. The minimum Gasteiger partial charge on any atom is -0.391 e. The Balaban J connectivity index is 2.50. The van der Waals surface area contributed by atoms with Gasteiger partial charge in [-0.25, -0.2) is 0 Å².